The highest BCUT2D eigenvalue weighted by molar-refractivity contribution is 7.90. The van der Waals surface area contributed by atoms with Gasteiger partial charge in [0, 0.05) is 18.8 Å². The van der Waals surface area contributed by atoms with Crippen LogP contribution in [0, 0.1) is 0 Å². The molecule has 0 N–H and O–H groups in total. The molecule has 0 saturated carbocycles. The predicted octanol–water partition coefficient (Wildman–Crippen LogP) is 2.30. The van der Waals surface area contributed by atoms with E-state index in [9.17, 15) is 18.0 Å². The molecule has 24 heavy (non-hydrogen) atoms. The predicted molar refractivity (Wildman–Crippen MR) is 89.9 cm³/mol. The normalized spacial score (nSPS) is 18.3. The molecule has 1 saturated heterocycles. The van der Waals surface area contributed by atoms with Crippen LogP contribution in [0.2, 0.25) is 5.02 Å². The van der Waals surface area contributed by atoms with Crippen LogP contribution in [0.4, 0.5) is 0 Å². The quantitative estimate of drug-likeness (QED) is 0.756. The molecule has 0 bridgehead atoms. The Balaban J connectivity index is 2.06. The van der Waals surface area contributed by atoms with Gasteiger partial charge in [-0.3, -0.25) is 4.79 Å². The average molecular weight is 374 g/mol. The number of rotatable bonds is 4. The van der Waals surface area contributed by atoms with E-state index in [1.807, 2.05) is 6.92 Å². The second-order valence-electron chi connectivity index (χ2n) is 5.92. The number of amides is 1. The molecule has 2 rings (SSSR count). The highest BCUT2D eigenvalue weighted by Crippen LogP contribution is 2.22. The molecule has 1 heterocycles. The van der Waals surface area contributed by atoms with Gasteiger partial charge < -0.3 is 9.64 Å². The van der Waals surface area contributed by atoms with Gasteiger partial charge in [0.25, 0.3) is 5.91 Å². The van der Waals surface area contributed by atoms with Crippen LogP contribution in [0.25, 0.3) is 0 Å². The molecule has 0 radical (unpaired) electrons. The minimum absolute atomic E-state index is 0.0326. The van der Waals surface area contributed by atoms with Gasteiger partial charge >= 0.3 is 5.97 Å². The summed E-state index contributed by atoms with van der Waals surface area (Å²) in [5.74, 6) is -1.07. The maximum atomic E-state index is 12.2. The Hall–Kier alpha value is -1.60. The molecule has 1 atom stereocenters. The number of esters is 1. The highest BCUT2D eigenvalue weighted by Gasteiger charge is 2.24. The summed E-state index contributed by atoms with van der Waals surface area (Å²) >= 11 is 5.94. The summed E-state index contributed by atoms with van der Waals surface area (Å²) in [5, 5.41) is 0.0752. The van der Waals surface area contributed by atoms with Crippen molar-refractivity contribution in [2.24, 2.45) is 0 Å². The van der Waals surface area contributed by atoms with Crippen LogP contribution in [0.1, 0.15) is 36.5 Å². The summed E-state index contributed by atoms with van der Waals surface area (Å²) in [7, 11) is -3.47. The first-order valence-electron chi connectivity index (χ1n) is 7.66. The van der Waals surface area contributed by atoms with Crippen LogP contribution in [-0.4, -0.2) is 50.6 Å². The Labute approximate surface area is 146 Å². The van der Waals surface area contributed by atoms with Crippen LogP contribution >= 0.6 is 11.6 Å². The van der Waals surface area contributed by atoms with E-state index in [2.05, 4.69) is 0 Å². The third-order valence-corrected chi connectivity index (χ3v) is 5.48. The maximum absolute atomic E-state index is 12.2. The molecular formula is C16H20ClNO5S. The number of likely N-dealkylation sites (tertiary alicyclic amines) is 1. The van der Waals surface area contributed by atoms with Crippen molar-refractivity contribution in [3.05, 3.63) is 28.8 Å². The van der Waals surface area contributed by atoms with E-state index in [1.54, 1.807) is 4.90 Å². The molecule has 6 nitrogen and oxygen atoms in total. The van der Waals surface area contributed by atoms with Crippen molar-refractivity contribution < 1.29 is 22.7 Å². The van der Waals surface area contributed by atoms with E-state index in [0.29, 0.717) is 6.54 Å². The summed E-state index contributed by atoms with van der Waals surface area (Å²) in [5.41, 5.74) is -0.0703. The molecule has 1 aliphatic rings. The first kappa shape index (κ1) is 18.7. The number of halogens is 1. The van der Waals surface area contributed by atoms with Gasteiger partial charge in [-0.1, -0.05) is 11.6 Å². The number of piperidine rings is 1. The van der Waals surface area contributed by atoms with Crippen molar-refractivity contribution in [2.75, 3.05) is 19.4 Å². The van der Waals surface area contributed by atoms with Gasteiger partial charge in [-0.2, -0.15) is 0 Å². The van der Waals surface area contributed by atoms with E-state index in [-0.39, 0.29) is 34.0 Å². The van der Waals surface area contributed by atoms with Crippen LogP contribution in [-0.2, 0) is 19.4 Å². The summed E-state index contributed by atoms with van der Waals surface area (Å²) < 4.78 is 28.2. The summed E-state index contributed by atoms with van der Waals surface area (Å²) in [6, 6.07) is 3.92. The largest absolute Gasteiger partial charge is 0.452 e. The Morgan fingerprint density at radius 2 is 2.04 bits per heavy atom. The molecule has 132 valence electrons. The monoisotopic (exact) mass is 373 g/mol. The van der Waals surface area contributed by atoms with Crippen molar-refractivity contribution in [1.29, 1.82) is 0 Å². The smallest absolute Gasteiger partial charge is 0.340 e. The number of hydrogen-bond acceptors (Lipinski definition) is 5. The fourth-order valence-electron chi connectivity index (χ4n) is 2.65. The zero-order valence-electron chi connectivity index (χ0n) is 13.6. The molecule has 1 amide bonds. The van der Waals surface area contributed by atoms with E-state index in [4.69, 9.17) is 16.3 Å². The molecule has 1 aromatic rings. The third kappa shape index (κ3) is 4.48. The van der Waals surface area contributed by atoms with Gasteiger partial charge in [0.2, 0.25) is 0 Å². The zero-order valence-corrected chi connectivity index (χ0v) is 15.2. The number of hydrogen-bond donors (Lipinski definition) is 0. The average Bonchev–Trinajstić information content (AvgIpc) is 2.52. The van der Waals surface area contributed by atoms with E-state index >= 15 is 0 Å². The summed E-state index contributed by atoms with van der Waals surface area (Å²) in [6.45, 7) is 2.23. The molecule has 1 aliphatic heterocycles. The number of carbonyl (C=O) groups is 2. The molecule has 0 spiro atoms. The number of carbonyl (C=O) groups excluding carboxylic acids is 2. The molecule has 1 aromatic carbocycles. The fraction of sp³-hybridized carbons (Fsp3) is 0.500. The van der Waals surface area contributed by atoms with Crippen molar-refractivity contribution in [1.82, 2.24) is 4.90 Å². The second-order valence-corrected chi connectivity index (χ2v) is 8.34. The molecule has 8 heteroatoms. The number of benzene rings is 1. The van der Waals surface area contributed by atoms with Crippen molar-refractivity contribution in [3.63, 3.8) is 0 Å². The van der Waals surface area contributed by atoms with Crippen LogP contribution in [0.3, 0.4) is 0 Å². The van der Waals surface area contributed by atoms with Crippen LogP contribution in [0.5, 0.6) is 0 Å². The molecule has 0 aliphatic carbocycles. The number of ether oxygens (including phenoxy) is 1. The van der Waals surface area contributed by atoms with Crippen LogP contribution < -0.4 is 0 Å². The minimum Gasteiger partial charge on any atom is -0.452 e. The Bertz CT molecular complexity index is 747. The Kier molecular flexibility index (Phi) is 5.87. The SMILES string of the molecule is CC1CCCCN1C(=O)COC(=O)c1cc(S(C)(=O)=O)ccc1Cl. The van der Waals surface area contributed by atoms with Gasteiger partial charge in [0.1, 0.15) is 0 Å². The zero-order chi connectivity index (χ0) is 17.9. The highest BCUT2D eigenvalue weighted by atomic mass is 35.5. The van der Waals surface area contributed by atoms with E-state index in [0.717, 1.165) is 31.6 Å². The van der Waals surface area contributed by atoms with Crippen molar-refractivity contribution >= 4 is 33.3 Å². The van der Waals surface area contributed by atoms with Gasteiger partial charge in [0.05, 0.1) is 15.5 Å². The van der Waals surface area contributed by atoms with E-state index < -0.39 is 15.8 Å². The lowest BCUT2D eigenvalue weighted by Crippen LogP contribution is -2.44. The van der Waals surface area contributed by atoms with E-state index in [1.165, 1.54) is 12.1 Å². The van der Waals surface area contributed by atoms with Gasteiger partial charge in [0.15, 0.2) is 16.4 Å². The van der Waals surface area contributed by atoms with Crippen molar-refractivity contribution in [2.45, 2.75) is 37.1 Å². The molecular weight excluding hydrogens is 354 g/mol. The minimum atomic E-state index is -3.47. The van der Waals surface area contributed by atoms with Gasteiger partial charge in [-0.25, -0.2) is 13.2 Å². The Morgan fingerprint density at radius 3 is 2.67 bits per heavy atom. The third-order valence-electron chi connectivity index (χ3n) is 4.04. The van der Waals surface area contributed by atoms with Crippen molar-refractivity contribution in [3.8, 4) is 0 Å². The first-order valence-corrected chi connectivity index (χ1v) is 9.93. The van der Waals surface area contributed by atoms with Gasteiger partial charge in [-0.15, -0.1) is 0 Å². The lowest BCUT2D eigenvalue weighted by molar-refractivity contribution is -0.137. The first-order chi connectivity index (χ1) is 11.2. The fourth-order valence-corrected chi connectivity index (χ4v) is 3.49. The number of sulfone groups is 1. The molecule has 1 unspecified atom stereocenters. The summed E-state index contributed by atoms with van der Waals surface area (Å²) in [6.07, 6.45) is 3.99. The standard InChI is InChI=1S/C16H20ClNO5S/c1-11-5-3-4-8-18(11)15(19)10-23-16(20)13-9-12(24(2,21)22)6-7-14(13)17/h6-7,9,11H,3-5,8,10H2,1-2H3. The lowest BCUT2D eigenvalue weighted by Gasteiger charge is -2.33. The lowest BCUT2D eigenvalue weighted by atomic mass is 10.0. The number of nitrogens with zero attached hydrogens (tertiary/aromatic N) is 1. The summed E-state index contributed by atoms with van der Waals surface area (Å²) in [4.78, 5) is 26.0. The topological polar surface area (TPSA) is 80.8 Å². The second kappa shape index (κ2) is 7.53. The van der Waals surface area contributed by atoms with Crippen LogP contribution in [0.15, 0.2) is 23.1 Å². The van der Waals surface area contributed by atoms with Gasteiger partial charge in [-0.05, 0) is 44.4 Å². The Morgan fingerprint density at radius 1 is 1.33 bits per heavy atom. The molecule has 0 aromatic heterocycles. The molecule has 1 fully saturated rings. The maximum Gasteiger partial charge on any atom is 0.340 e.